The van der Waals surface area contributed by atoms with E-state index in [1.165, 1.54) is 0 Å². The highest BCUT2D eigenvalue weighted by atomic mass is 16.5. The highest BCUT2D eigenvalue weighted by molar-refractivity contribution is 5.75. The quantitative estimate of drug-likeness (QED) is 0.692. The van der Waals surface area contributed by atoms with E-state index < -0.39 is 0 Å². The summed E-state index contributed by atoms with van der Waals surface area (Å²) in [7, 11) is 4.97. The third kappa shape index (κ3) is 1.61. The van der Waals surface area contributed by atoms with E-state index in [0.717, 1.165) is 5.69 Å². The Hall–Kier alpha value is -1.58. The molecule has 13 heavy (non-hydrogen) atoms. The summed E-state index contributed by atoms with van der Waals surface area (Å²) in [5.41, 5.74) is 7.07. The van der Waals surface area contributed by atoms with Crippen molar-refractivity contribution in [3.63, 3.8) is 0 Å². The van der Waals surface area contributed by atoms with Crippen molar-refractivity contribution in [2.24, 2.45) is 0 Å². The second kappa shape index (κ2) is 3.89. The molecule has 3 N–H and O–H groups in total. The van der Waals surface area contributed by atoms with Crippen molar-refractivity contribution in [3.05, 3.63) is 12.1 Å². The Balaban J connectivity index is 3.27. The number of nitrogen functional groups attached to an aromatic ring is 1. The third-order valence-corrected chi connectivity index (χ3v) is 1.82. The summed E-state index contributed by atoms with van der Waals surface area (Å²) < 4.78 is 10.3. The van der Waals surface area contributed by atoms with Crippen LogP contribution in [0.5, 0.6) is 11.5 Å². The van der Waals surface area contributed by atoms with E-state index >= 15 is 0 Å². The van der Waals surface area contributed by atoms with Gasteiger partial charge in [0.25, 0.3) is 0 Å². The lowest BCUT2D eigenvalue weighted by atomic mass is 10.2. The van der Waals surface area contributed by atoms with Crippen LogP contribution in [-0.2, 0) is 0 Å². The largest absolute Gasteiger partial charge is 0.494 e. The average molecular weight is 182 g/mol. The molecule has 0 saturated heterocycles. The summed E-state index contributed by atoms with van der Waals surface area (Å²) >= 11 is 0. The van der Waals surface area contributed by atoms with Crippen LogP contribution in [0.2, 0.25) is 0 Å². The summed E-state index contributed by atoms with van der Waals surface area (Å²) in [5, 5.41) is 2.98. The van der Waals surface area contributed by atoms with Gasteiger partial charge in [0.05, 0.1) is 19.9 Å². The number of ether oxygens (including phenoxy) is 2. The standard InChI is InChI=1S/C9H14N2O2/c1-11-8-7(12-2)5-4-6(10)9(8)13-3/h4-5,11H,10H2,1-3H3. The van der Waals surface area contributed by atoms with Gasteiger partial charge in [-0.15, -0.1) is 0 Å². The van der Waals surface area contributed by atoms with E-state index in [2.05, 4.69) is 5.32 Å². The van der Waals surface area contributed by atoms with Gasteiger partial charge in [-0.2, -0.15) is 0 Å². The highest BCUT2D eigenvalue weighted by Gasteiger charge is 2.10. The van der Waals surface area contributed by atoms with Crippen LogP contribution in [0.25, 0.3) is 0 Å². The molecule has 0 atom stereocenters. The Labute approximate surface area is 77.6 Å². The number of nitrogens with two attached hydrogens (primary N) is 1. The first kappa shape index (κ1) is 9.51. The van der Waals surface area contributed by atoms with Crippen LogP contribution < -0.4 is 20.5 Å². The lowest BCUT2D eigenvalue weighted by molar-refractivity contribution is 0.399. The number of rotatable bonds is 3. The van der Waals surface area contributed by atoms with Crippen LogP contribution >= 0.6 is 0 Å². The van der Waals surface area contributed by atoms with Crippen LogP contribution in [0, 0.1) is 0 Å². The molecular weight excluding hydrogens is 168 g/mol. The Morgan fingerprint density at radius 2 is 1.92 bits per heavy atom. The summed E-state index contributed by atoms with van der Waals surface area (Å²) in [6.45, 7) is 0. The number of hydrogen-bond acceptors (Lipinski definition) is 4. The predicted octanol–water partition coefficient (Wildman–Crippen LogP) is 1.33. The second-order valence-electron chi connectivity index (χ2n) is 2.52. The molecule has 0 unspecified atom stereocenters. The van der Waals surface area contributed by atoms with Crippen molar-refractivity contribution in [1.82, 2.24) is 0 Å². The van der Waals surface area contributed by atoms with Gasteiger partial charge in [0.15, 0.2) is 5.75 Å². The first-order valence-electron chi connectivity index (χ1n) is 3.92. The van der Waals surface area contributed by atoms with E-state index in [1.807, 2.05) is 0 Å². The monoisotopic (exact) mass is 182 g/mol. The summed E-state index contributed by atoms with van der Waals surface area (Å²) in [5.74, 6) is 1.33. The smallest absolute Gasteiger partial charge is 0.168 e. The van der Waals surface area contributed by atoms with Gasteiger partial charge in [-0.1, -0.05) is 0 Å². The fourth-order valence-corrected chi connectivity index (χ4v) is 1.21. The average Bonchev–Trinajstić information content (AvgIpc) is 2.17. The van der Waals surface area contributed by atoms with Crippen molar-refractivity contribution in [2.75, 3.05) is 32.3 Å². The first-order chi connectivity index (χ1) is 6.24. The van der Waals surface area contributed by atoms with Gasteiger partial charge in [-0.3, -0.25) is 0 Å². The SMILES string of the molecule is CNc1c(OC)ccc(N)c1OC. The van der Waals surface area contributed by atoms with Gasteiger partial charge in [0.2, 0.25) is 0 Å². The number of anilines is 2. The number of methoxy groups -OCH3 is 2. The lowest BCUT2D eigenvalue weighted by Crippen LogP contribution is -2.00. The van der Waals surface area contributed by atoms with Crippen molar-refractivity contribution >= 4 is 11.4 Å². The van der Waals surface area contributed by atoms with Crippen molar-refractivity contribution in [2.45, 2.75) is 0 Å². The molecule has 1 aromatic rings. The molecule has 0 spiro atoms. The van der Waals surface area contributed by atoms with Gasteiger partial charge >= 0.3 is 0 Å². The van der Waals surface area contributed by atoms with Gasteiger partial charge in [-0.05, 0) is 12.1 Å². The molecule has 0 radical (unpaired) electrons. The van der Waals surface area contributed by atoms with Crippen molar-refractivity contribution in [1.29, 1.82) is 0 Å². The van der Waals surface area contributed by atoms with Gasteiger partial charge in [0.1, 0.15) is 11.4 Å². The van der Waals surface area contributed by atoms with Gasteiger partial charge in [0, 0.05) is 7.05 Å². The molecule has 0 saturated carbocycles. The van der Waals surface area contributed by atoms with Crippen LogP contribution in [0.15, 0.2) is 12.1 Å². The van der Waals surface area contributed by atoms with E-state index in [1.54, 1.807) is 33.4 Å². The van der Waals surface area contributed by atoms with Crippen molar-refractivity contribution < 1.29 is 9.47 Å². The number of nitrogens with one attached hydrogen (secondary N) is 1. The summed E-state index contributed by atoms with van der Waals surface area (Å²) in [4.78, 5) is 0. The zero-order valence-electron chi connectivity index (χ0n) is 8.05. The number of benzene rings is 1. The molecule has 0 aliphatic rings. The van der Waals surface area contributed by atoms with Crippen LogP contribution in [0.4, 0.5) is 11.4 Å². The minimum absolute atomic E-state index is 0.590. The molecule has 4 heteroatoms. The molecular formula is C9H14N2O2. The maximum absolute atomic E-state index is 5.71. The minimum atomic E-state index is 0.590. The van der Waals surface area contributed by atoms with Gasteiger partial charge < -0.3 is 20.5 Å². The fraction of sp³-hybridized carbons (Fsp3) is 0.333. The van der Waals surface area contributed by atoms with Crippen LogP contribution in [0.3, 0.4) is 0 Å². The Morgan fingerprint density at radius 3 is 2.38 bits per heavy atom. The third-order valence-electron chi connectivity index (χ3n) is 1.82. The normalized spacial score (nSPS) is 9.46. The van der Waals surface area contributed by atoms with E-state index in [4.69, 9.17) is 15.2 Å². The Morgan fingerprint density at radius 1 is 1.23 bits per heavy atom. The molecule has 0 aromatic heterocycles. The molecule has 0 amide bonds. The highest BCUT2D eigenvalue weighted by Crippen LogP contribution is 2.38. The lowest BCUT2D eigenvalue weighted by Gasteiger charge is -2.13. The van der Waals surface area contributed by atoms with E-state index in [0.29, 0.717) is 17.2 Å². The Kier molecular flexibility index (Phi) is 2.84. The molecule has 1 aromatic carbocycles. The molecule has 72 valence electrons. The Bertz CT molecular complexity index is 300. The topological polar surface area (TPSA) is 56.5 Å². The first-order valence-corrected chi connectivity index (χ1v) is 3.92. The van der Waals surface area contributed by atoms with E-state index in [-0.39, 0.29) is 0 Å². The molecule has 0 heterocycles. The summed E-state index contributed by atoms with van der Waals surface area (Å²) in [6, 6.07) is 3.54. The zero-order valence-corrected chi connectivity index (χ0v) is 8.05. The van der Waals surface area contributed by atoms with Crippen molar-refractivity contribution in [3.8, 4) is 11.5 Å². The summed E-state index contributed by atoms with van der Waals surface area (Å²) in [6.07, 6.45) is 0. The second-order valence-corrected chi connectivity index (χ2v) is 2.52. The predicted molar refractivity (Wildman–Crippen MR) is 53.5 cm³/mol. The minimum Gasteiger partial charge on any atom is -0.494 e. The molecule has 0 fully saturated rings. The maximum Gasteiger partial charge on any atom is 0.168 e. The molecule has 4 nitrogen and oxygen atoms in total. The molecule has 0 aliphatic carbocycles. The van der Waals surface area contributed by atoms with Gasteiger partial charge in [-0.25, -0.2) is 0 Å². The molecule has 1 rings (SSSR count). The van der Waals surface area contributed by atoms with Crippen LogP contribution in [0.1, 0.15) is 0 Å². The molecule has 0 aliphatic heterocycles. The molecule has 0 bridgehead atoms. The van der Waals surface area contributed by atoms with Crippen LogP contribution in [-0.4, -0.2) is 21.3 Å². The maximum atomic E-state index is 5.71. The fourth-order valence-electron chi connectivity index (χ4n) is 1.21. The van der Waals surface area contributed by atoms with E-state index in [9.17, 15) is 0 Å². The zero-order chi connectivity index (χ0) is 9.84. The number of hydrogen-bond donors (Lipinski definition) is 2.